The number of carbonyl (C=O) groups is 1. The summed E-state index contributed by atoms with van der Waals surface area (Å²) in [7, 11) is -2.57. The van der Waals surface area contributed by atoms with Gasteiger partial charge in [-0.3, -0.25) is 14.9 Å². The number of aromatic nitrogens is 2. The molecule has 4 aromatic rings. The van der Waals surface area contributed by atoms with Gasteiger partial charge in [0.25, 0.3) is 5.69 Å². The van der Waals surface area contributed by atoms with Crippen LogP contribution in [0.15, 0.2) is 82.8 Å². The van der Waals surface area contributed by atoms with Gasteiger partial charge in [-0.25, -0.2) is 4.98 Å². The van der Waals surface area contributed by atoms with Gasteiger partial charge in [-0.1, -0.05) is 30.3 Å². The predicted molar refractivity (Wildman–Crippen MR) is 127 cm³/mol. The molecule has 12 heteroatoms. The minimum Gasteiger partial charge on any atom is -0.495 e. The molecule has 0 aliphatic rings. The number of nitro benzene ring substituents is 1. The fraction of sp³-hybridized carbons (Fsp3) is 0.0909. The maximum Gasteiger partial charge on any atom is 0.336 e. The van der Waals surface area contributed by atoms with Crippen molar-refractivity contribution in [2.75, 3.05) is 18.2 Å². The zero-order valence-electron chi connectivity index (χ0n) is 17.8. The fourth-order valence-corrected chi connectivity index (χ4v) is 5.87. The minimum atomic E-state index is -3.95. The number of non-ortho nitro benzene ring substituents is 1. The second kappa shape index (κ2) is 9.53. The number of thioether (sulfide) groups is 1. The van der Waals surface area contributed by atoms with Crippen LogP contribution < -0.4 is 14.0 Å². The van der Waals surface area contributed by atoms with Crippen LogP contribution >= 0.6 is 11.8 Å². The molecule has 0 saturated carbocycles. The Balaban J connectivity index is 1.63. The molecule has 3 aromatic carbocycles. The van der Waals surface area contributed by atoms with E-state index in [-0.39, 0.29) is 32.9 Å². The first kappa shape index (κ1) is 23.3. The second-order valence-electron chi connectivity index (χ2n) is 7.01. The Labute approximate surface area is 198 Å². The van der Waals surface area contributed by atoms with Crippen LogP contribution in [0.3, 0.4) is 0 Å². The molecule has 0 bridgehead atoms. The number of benzene rings is 3. The van der Waals surface area contributed by atoms with Crippen LogP contribution in [-0.2, 0) is 14.8 Å². The van der Waals surface area contributed by atoms with Gasteiger partial charge in [0.15, 0.2) is 11.0 Å². The van der Waals surface area contributed by atoms with Gasteiger partial charge in [0, 0.05) is 12.1 Å². The van der Waals surface area contributed by atoms with E-state index >= 15 is 0 Å². The summed E-state index contributed by atoms with van der Waals surface area (Å²) in [5.74, 6) is -0.398. The lowest BCUT2D eigenvalue weighted by atomic mass is 10.2. The lowest BCUT2D eigenvalue weighted by molar-refractivity contribution is -0.526. The quantitative estimate of drug-likeness (QED) is 0.164. The first-order valence-electron chi connectivity index (χ1n) is 9.89. The van der Waals surface area contributed by atoms with Crippen molar-refractivity contribution in [1.29, 1.82) is 0 Å². The predicted octanol–water partition coefficient (Wildman–Crippen LogP) is 3.34. The number of ether oxygens (including phenoxy) is 1. The van der Waals surface area contributed by atoms with Crippen molar-refractivity contribution in [3.63, 3.8) is 0 Å². The normalized spacial score (nSPS) is 11.3. The van der Waals surface area contributed by atoms with Crippen LogP contribution in [0.25, 0.3) is 11.0 Å². The number of amides is 1. The van der Waals surface area contributed by atoms with E-state index in [1.807, 2.05) is 0 Å². The van der Waals surface area contributed by atoms with Crippen LogP contribution in [0.2, 0.25) is 0 Å². The molecule has 4 rings (SSSR count). The van der Waals surface area contributed by atoms with E-state index in [1.165, 1.54) is 41.4 Å². The largest absolute Gasteiger partial charge is 0.495 e. The van der Waals surface area contributed by atoms with Gasteiger partial charge in [-0.2, -0.15) is 8.42 Å². The zero-order chi connectivity index (χ0) is 24.3. The van der Waals surface area contributed by atoms with Gasteiger partial charge in [-0.05, 0) is 42.1 Å². The van der Waals surface area contributed by atoms with Crippen molar-refractivity contribution in [3.05, 3.63) is 82.9 Å². The Bertz CT molecular complexity index is 1490. The van der Waals surface area contributed by atoms with Crippen LogP contribution in [0, 0.1) is 10.1 Å². The number of nitro groups is 1. The highest BCUT2D eigenvalue weighted by molar-refractivity contribution is 8.00. The summed E-state index contributed by atoms with van der Waals surface area (Å²) >= 11 is 0.987. The van der Waals surface area contributed by atoms with Crippen molar-refractivity contribution in [2.45, 2.75) is 10.1 Å². The number of fused-ring (bicyclic) bond motifs is 1. The van der Waals surface area contributed by atoms with Crippen molar-refractivity contribution < 1.29 is 26.8 Å². The first-order valence-corrected chi connectivity index (χ1v) is 12.3. The van der Waals surface area contributed by atoms with E-state index in [0.717, 1.165) is 11.8 Å². The molecule has 2 N–H and O–H groups in total. The third-order valence-electron chi connectivity index (χ3n) is 4.84. The van der Waals surface area contributed by atoms with Gasteiger partial charge < -0.3 is 10.1 Å². The molecule has 0 fully saturated rings. The van der Waals surface area contributed by atoms with Crippen molar-refractivity contribution >= 4 is 50.1 Å². The summed E-state index contributed by atoms with van der Waals surface area (Å²) in [6, 6.07) is 18.8. The third kappa shape index (κ3) is 4.58. The maximum absolute atomic E-state index is 13.4. The standard InChI is InChI=1S/C22H18N4O6S2/c1-32-20-12-11-15(26(28)29)13-18(20)23-21(27)14-33-22-24-17-9-5-6-10-19(17)25(22)34(30,31)16-7-3-2-4-8-16/h2-13H,14H2,1H3,(H,23,27)/p+1. The highest BCUT2D eigenvalue weighted by Gasteiger charge is 2.32. The van der Waals surface area contributed by atoms with E-state index in [0.29, 0.717) is 11.0 Å². The van der Waals surface area contributed by atoms with E-state index in [2.05, 4.69) is 10.3 Å². The smallest absolute Gasteiger partial charge is 0.336 e. The number of hydrogen-bond donors (Lipinski definition) is 2. The molecule has 34 heavy (non-hydrogen) atoms. The molecule has 0 saturated heterocycles. The molecule has 0 atom stereocenters. The van der Waals surface area contributed by atoms with Gasteiger partial charge in [0.05, 0.1) is 23.5 Å². The topological polar surface area (TPSA) is 135 Å². The monoisotopic (exact) mass is 499 g/mol. The number of para-hydroxylation sites is 2. The Morgan fingerprint density at radius 2 is 1.82 bits per heavy atom. The van der Waals surface area contributed by atoms with Crippen LogP contribution in [0.1, 0.15) is 0 Å². The van der Waals surface area contributed by atoms with Gasteiger partial charge in [0.2, 0.25) is 5.91 Å². The van der Waals surface area contributed by atoms with Crippen molar-refractivity contribution in [2.24, 2.45) is 0 Å². The number of methoxy groups -OCH3 is 1. The number of rotatable bonds is 8. The molecule has 1 amide bonds. The number of anilines is 1. The summed E-state index contributed by atoms with van der Waals surface area (Å²) in [5, 5.41) is 13.9. The summed E-state index contributed by atoms with van der Waals surface area (Å²) in [4.78, 5) is 26.3. The van der Waals surface area contributed by atoms with E-state index in [9.17, 15) is 23.3 Å². The molecule has 0 aliphatic heterocycles. The Morgan fingerprint density at radius 1 is 1.12 bits per heavy atom. The number of imidazole rings is 1. The molecular weight excluding hydrogens is 480 g/mol. The van der Waals surface area contributed by atoms with Gasteiger partial charge in [0.1, 0.15) is 10.6 Å². The molecule has 10 nitrogen and oxygen atoms in total. The third-order valence-corrected chi connectivity index (χ3v) is 7.65. The van der Waals surface area contributed by atoms with Gasteiger partial charge in [-0.15, -0.1) is 3.97 Å². The molecule has 1 heterocycles. The molecule has 174 valence electrons. The van der Waals surface area contributed by atoms with Crippen molar-refractivity contribution in [3.8, 4) is 5.75 Å². The fourth-order valence-electron chi connectivity index (χ4n) is 3.29. The van der Waals surface area contributed by atoms with Crippen LogP contribution in [-0.4, -0.2) is 37.1 Å². The highest BCUT2D eigenvalue weighted by atomic mass is 32.2. The molecule has 1 aromatic heterocycles. The number of carbonyl (C=O) groups excluding carboxylic acids is 1. The number of nitrogens with zero attached hydrogens (tertiary/aromatic N) is 2. The number of nitrogens with one attached hydrogen (secondary N) is 2. The Hall–Kier alpha value is -3.90. The lowest BCUT2D eigenvalue weighted by Crippen LogP contribution is -2.44. The summed E-state index contributed by atoms with van der Waals surface area (Å²) in [6.07, 6.45) is 0. The van der Waals surface area contributed by atoms with Crippen molar-refractivity contribution in [1.82, 2.24) is 4.98 Å². The molecule has 0 spiro atoms. The second-order valence-corrected chi connectivity index (χ2v) is 9.76. The Kier molecular flexibility index (Phi) is 6.52. The number of H-pyrrole nitrogens is 1. The van der Waals surface area contributed by atoms with Crippen LogP contribution in [0.5, 0.6) is 5.75 Å². The van der Waals surface area contributed by atoms with E-state index in [4.69, 9.17) is 4.74 Å². The lowest BCUT2D eigenvalue weighted by Gasteiger charge is -2.09. The summed E-state index contributed by atoms with van der Waals surface area (Å²) in [6.45, 7) is 0. The molecule has 0 radical (unpaired) electrons. The average molecular weight is 500 g/mol. The minimum absolute atomic E-state index is 0.109. The average Bonchev–Trinajstić information content (AvgIpc) is 3.22. The SMILES string of the molecule is COc1ccc([N+](=O)[O-])cc1NC(=O)CSc1[nH]c2ccccc2[n+]1S(=O)(=O)c1ccccc1. The van der Waals surface area contributed by atoms with Crippen LogP contribution in [0.4, 0.5) is 11.4 Å². The summed E-state index contributed by atoms with van der Waals surface area (Å²) < 4.78 is 33.1. The Morgan fingerprint density at radius 3 is 2.53 bits per heavy atom. The highest BCUT2D eigenvalue weighted by Crippen LogP contribution is 2.29. The summed E-state index contributed by atoms with van der Waals surface area (Å²) in [5.41, 5.74) is 0.967. The molecule has 0 unspecified atom stereocenters. The number of hydrogen-bond acceptors (Lipinski definition) is 7. The molecular formula is C22H19N4O6S2+. The van der Waals surface area contributed by atoms with E-state index < -0.39 is 20.9 Å². The van der Waals surface area contributed by atoms with Gasteiger partial charge >= 0.3 is 15.2 Å². The number of aromatic amines is 1. The first-order chi connectivity index (χ1) is 16.3. The molecule has 0 aliphatic carbocycles. The van der Waals surface area contributed by atoms with E-state index in [1.54, 1.807) is 42.5 Å². The zero-order valence-corrected chi connectivity index (χ0v) is 19.4. The maximum atomic E-state index is 13.4.